The van der Waals surface area contributed by atoms with Crippen LogP contribution in [0.1, 0.15) is 11.1 Å². The van der Waals surface area contributed by atoms with E-state index in [0.717, 1.165) is 5.41 Å². The van der Waals surface area contributed by atoms with E-state index in [2.05, 4.69) is 0 Å². The maximum absolute atomic E-state index is 11.7. The molecule has 0 spiro atoms. The van der Waals surface area contributed by atoms with E-state index in [-0.39, 0.29) is 11.8 Å². The second-order valence-corrected chi connectivity index (χ2v) is 3.57. The molecule has 1 nitrogen and oxygen atoms in total. The number of benzene rings is 1. The van der Waals surface area contributed by atoms with Crippen molar-refractivity contribution in [2.75, 3.05) is 0 Å². The van der Waals surface area contributed by atoms with Gasteiger partial charge in [-0.25, -0.2) is 0 Å². The van der Waals surface area contributed by atoms with Crippen LogP contribution in [-0.2, 0) is 0 Å². The molecule has 5 heteroatoms. The fraction of sp³-hybridized carbons (Fsp3) is 0.100. The molecule has 78 valence electrons. The Morgan fingerprint density at radius 1 is 1.20 bits per heavy atom. The van der Waals surface area contributed by atoms with Crippen molar-refractivity contribution < 1.29 is 13.2 Å². The zero-order valence-corrected chi connectivity index (χ0v) is 8.27. The molecule has 0 fully saturated rings. The molecule has 0 aliphatic carbocycles. The standard InChI is InChI=1S/C10H6F3NS/c11-10(12,13)15-6-5-8-1-3-9(7-14)4-2-8/h1-6H/b6-5+. The van der Waals surface area contributed by atoms with Gasteiger partial charge in [-0.05, 0) is 40.9 Å². The van der Waals surface area contributed by atoms with Gasteiger partial charge in [0.25, 0.3) is 0 Å². The van der Waals surface area contributed by atoms with E-state index in [1.807, 2.05) is 6.07 Å². The molecular weight excluding hydrogens is 223 g/mol. The molecular formula is C10H6F3NS. The van der Waals surface area contributed by atoms with E-state index in [1.165, 1.54) is 6.08 Å². The molecule has 0 unspecified atom stereocenters. The fourth-order valence-electron chi connectivity index (χ4n) is 0.859. The van der Waals surface area contributed by atoms with Gasteiger partial charge in [-0.3, -0.25) is 0 Å². The second kappa shape index (κ2) is 4.89. The first-order valence-electron chi connectivity index (χ1n) is 3.92. The Morgan fingerprint density at radius 2 is 1.80 bits per heavy atom. The van der Waals surface area contributed by atoms with E-state index in [0.29, 0.717) is 11.1 Å². The molecule has 0 aliphatic heterocycles. The Morgan fingerprint density at radius 3 is 2.27 bits per heavy atom. The largest absolute Gasteiger partial charge is 0.445 e. The Balaban J connectivity index is 2.62. The minimum Gasteiger partial charge on any atom is -0.192 e. The summed E-state index contributed by atoms with van der Waals surface area (Å²) in [6.45, 7) is 0. The van der Waals surface area contributed by atoms with E-state index >= 15 is 0 Å². The van der Waals surface area contributed by atoms with Gasteiger partial charge in [-0.2, -0.15) is 18.4 Å². The maximum Gasteiger partial charge on any atom is 0.445 e. The molecule has 0 bridgehead atoms. The molecule has 0 saturated carbocycles. The van der Waals surface area contributed by atoms with Gasteiger partial charge in [0.15, 0.2) is 0 Å². The number of nitrogens with zero attached hydrogens (tertiary/aromatic N) is 1. The fourth-order valence-corrected chi connectivity index (χ4v) is 1.24. The number of alkyl halides is 3. The minimum absolute atomic E-state index is 0.207. The molecule has 0 aliphatic rings. The van der Waals surface area contributed by atoms with Gasteiger partial charge in [0.05, 0.1) is 11.6 Å². The van der Waals surface area contributed by atoms with Crippen LogP contribution in [0.5, 0.6) is 0 Å². The van der Waals surface area contributed by atoms with Gasteiger partial charge < -0.3 is 0 Å². The molecule has 0 aromatic heterocycles. The highest BCUT2D eigenvalue weighted by Crippen LogP contribution is 2.31. The molecule has 1 aromatic carbocycles. The molecule has 1 aromatic rings. The van der Waals surface area contributed by atoms with Gasteiger partial charge in [-0.1, -0.05) is 12.1 Å². The van der Waals surface area contributed by atoms with Crippen molar-refractivity contribution in [2.24, 2.45) is 0 Å². The summed E-state index contributed by atoms with van der Waals surface area (Å²) in [6.07, 6.45) is 1.35. The lowest BCUT2D eigenvalue weighted by Gasteiger charge is -1.99. The van der Waals surface area contributed by atoms with Crippen molar-refractivity contribution in [3.05, 3.63) is 40.8 Å². The lowest BCUT2D eigenvalue weighted by molar-refractivity contribution is -0.0319. The van der Waals surface area contributed by atoms with E-state index in [4.69, 9.17) is 5.26 Å². The highest BCUT2D eigenvalue weighted by molar-refractivity contribution is 8.03. The molecule has 0 radical (unpaired) electrons. The van der Waals surface area contributed by atoms with Gasteiger partial charge in [-0.15, -0.1) is 0 Å². The molecule has 0 atom stereocenters. The van der Waals surface area contributed by atoms with Crippen molar-refractivity contribution >= 4 is 17.8 Å². The first-order valence-corrected chi connectivity index (χ1v) is 4.80. The summed E-state index contributed by atoms with van der Waals surface area (Å²) in [7, 11) is 0. The topological polar surface area (TPSA) is 23.8 Å². The van der Waals surface area contributed by atoms with Crippen molar-refractivity contribution in [3.63, 3.8) is 0 Å². The molecule has 0 heterocycles. The van der Waals surface area contributed by atoms with E-state index in [1.54, 1.807) is 24.3 Å². The number of nitriles is 1. The third-order valence-corrected chi connectivity index (χ3v) is 2.04. The Hall–Kier alpha value is -1.41. The van der Waals surface area contributed by atoms with E-state index in [9.17, 15) is 13.2 Å². The lowest BCUT2D eigenvalue weighted by atomic mass is 10.1. The van der Waals surface area contributed by atoms with Crippen LogP contribution in [0.4, 0.5) is 13.2 Å². The van der Waals surface area contributed by atoms with Crippen LogP contribution in [-0.4, -0.2) is 5.51 Å². The zero-order valence-electron chi connectivity index (χ0n) is 7.45. The summed E-state index contributed by atoms with van der Waals surface area (Å²) in [5.74, 6) is 0. The summed E-state index contributed by atoms with van der Waals surface area (Å²) >= 11 is -0.207. The van der Waals surface area contributed by atoms with Crippen LogP contribution in [0.25, 0.3) is 6.08 Å². The Labute approximate surface area is 89.2 Å². The Bertz CT molecular complexity index is 387. The highest BCUT2D eigenvalue weighted by Gasteiger charge is 2.26. The van der Waals surface area contributed by atoms with Gasteiger partial charge in [0.2, 0.25) is 0 Å². The van der Waals surface area contributed by atoms with Crippen LogP contribution in [0, 0.1) is 11.3 Å². The molecule has 0 saturated heterocycles. The van der Waals surface area contributed by atoms with Crippen LogP contribution < -0.4 is 0 Å². The summed E-state index contributed by atoms with van der Waals surface area (Å²) in [4.78, 5) is 0. The molecule has 0 amide bonds. The zero-order chi connectivity index (χ0) is 11.3. The second-order valence-electron chi connectivity index (χ2n) is 2.60. The van der Waals surface area contributed by atoms with E-state index < -0.39 is 5.51 Å². The Kier molecular flexibility index (Phi) is 3.81. The first-order chi connectivity index (χ1) is 7.01. The summed E-state index contributed by atoms with van der Waals surface area (Å²) < 4.78 is 35.2. The summed E-state index contributed by atoms with van der Waals surface area (Å²) in [6, 6.07) is 8.21. The van der Waals surface area contributed by atoms with Gasteiger partial charge in [0, 0.05) is 0 Å². The third kappa shape index (κ3) is 4.56. The van der Waals surface area contributed by atoms with Crippen molar-refractivity contribution in [1.82, 2.24) is 0 Å². The predicted molar refractivity (Wildman–Crippen MR) is 53.8 cm³/mol. The minimum atomic E-state index is -4.25. The van der Waals surface area contributed by atoms with Crippen molar-refractivity contribution in [2.45, 2.75) is 5.51 Å². The molecule has 15 heavy (non-hydrogen) atoms. The molecule has 1 rings (SSSR count). The quantitative estimate of drug-likeness (QED) is 0.770. The van der Waals surface area contributed by atoms with Gasteiger partial charge >= 0.3 is 5.51 Å². The number of hydrogen-bond acceptors (Lipinski definition) is 2. The maximum atomic E-state index is 11.7. The first kappa shape index (κ1) is 11.7. The number of hydrogen-bond donors (Lipinski definition) is 0. The van der Waals surface area contributed by atoms with Crippen LogP contribution >= 0.6 is 11.8 Å². The smallest absolute Gasteiger partial charge is 0.192 e. The van der Waals surface area contributed by atoms with Crippen molar-refractivity contribution in [1.29, 1.82) is 5.26 Å². The SMILES string of the molecule is N#Cc1ccc(/C=C/SC(F)(F)F)cc1. The van der Waals surface area contributed by atoms with Crippen LogP contribution in [0.15, 0.2) is 29.7 Å². The monoisotopic (exact) mass is 229 g/mol. The molecule has 0 N–H and O–H groups in total. The van der Waals surface area contributed by atoms with Crippen molar-refractivity contribution in [3.8, 4) is 6.07 Å². The van der Waals surface area contributed by atoms with Crippen LogP contribution in [0.3, 0.4) is 0 Å². The average molecular weight is 229 g/mol. The lowest BCUT2D eigenvalue weighted by Crippen LogP contribution is -1.96. The summed E-state index contributed by atoms with van der Waals surface area (Å²) in [5.41, 5.74) is -3.13. The number of thioether (sulfide) groups is 1. The summed E-state index contributed by atoms with van der Waals surface area (Å²) in [5, 5.41) is 9.46. The average Bonchev–Trinajstić information content (AvgIpc) is 2.17. The van der Waals surface area contributed by atoms with Crippen LogP contribution in [0.2, 0.25) is 0 Å². The number of halogens is 3. The predicted octanol–water partition coefficient (Wildman–Crippen LogP) is 3.78. The number of rotatable bonds is 2. The highest BCUT2D eigenvalue weighted by atomic mass is 32.2. The third-order valence-electron chi connectivity index (χ3n) is 1.50. The van der Waals surface area contributed by atoms with Gasteiger partial charge in [0.1, 0.15) is 0 Å². The normalized spacial score (nSPS) is 11.6.